The molecule has 2 aromatic heterocycles. The van der Waals surface area contributed by atoms with E-state index in [1.807, 2.05) is 25.1 Å². The van der Waals surface area contributed by atoms with Crippen molar-refractivity contribution >= 4 is 55.7 Å². The lowest BCUT2D eigenvalue weighted by molar-refractivity contribution is -0.119. The number of anilines is 1. The number of thioether (sulfide) groups is 1. The number of benzene rings is 1. The maximum Gasteiger partial charge on any atom is 0.230 e. The largest absolute Gasteiger partial charge is 0.351 e. The Kier molecular flexibility index (Phi) is 5.37. The van der Waals surface area contributed by atoms with Crippen LogP contribution in [0.15, 0.2) is 28.6 Å². The second-order valence-electron chi connectivity index (χ2n) is 6.19. The minimum absolute atomic E-state index is 0.0546. The Morgan fingerprint density at radius 1 is 1.35 bits per heavy atom. The van der Waals surface area contributed by atoms with Gasteiger partial charge in [0, 0.05) is 19.1 Å². The molecule has 1 fully saturated rings. The number of carbonyl (C=O) groups is 1. The molecular weight excluding hydrogens is 386 g/mol. The van der Waals surface area contributed by atoms with Crippen LogP contribution in [0.25, 0.3) is 10.2 Å². The highest BCUT2D eigenvalue weighted by atomic mass is 32.2. The molecular formula is C17H19N5OS3. The summed E-state index contributed by atoms with van der Waals surface area (Å²) < 4.78 is 2.05. The van der Waals surface area contributed by atoms with Crippen molar-refractivity contribution in [2.24, 2.45) is 0 Å². The Balaban J connectivity index is 1.33. The molecule has 6 nitrogen and oxygen atoms in total. The maximum absolute atomic E-state index is 12.3. The summed E-state index contributed by atoms with van der Waals surface area (Å²) in [6.45, 7) is 3.72. The number of thiazole rings is 1. The summed E-state index contributed by atoms with van der Waals surface area (Å²) in [6.07, 6.45) is 2.07. The van der Waals surface area contributed by atoms with Gasteiger partial charge in [0.25, 0.3) is 0 Å². The van der Waals surface area contributed by atoms with Gasteiger partial charge >= 0.3 is 0 Å². The van der Waals surface area contributed by atoms with Crippen LogP contribution in [0.4, 0.5) is 5.13 Å². The van der Waals surface area contributed by atoms with E-state index in [-0.39, 0.29) is 11.9 Å². The number of para-hydroxylation sites is 1. The monoisotopic (exact) mass is 405 g/mol. The summed E-state index contributed by atoms with van der Waals surface area (Å²) in [6, 6.07) is 8.37. The average Bonchev–Trinajstić information content (AvgIpc) is 3.26. The van der Waals surface area contributed by atoms with Gasteiger partial charge < -0.3 is 10.2 Å². The lowest BCUT2D eigenvalue weighted by Gasteiger charge is -2.32. The minimum Gasteiger partial charge on any atom is -0.351 e. The zero-order chi connectivity index (χ0) is 17.9. The van der Waals surface area contributed by atoms with Gasteiger partial charge in [-0.15, -0.1) is 10.2 Å². The van der Waals surface area contributed by atoms with Crippen LogP contribution in [0.3, 0.4) is 0 Å². The van der Waals surface area contributed by atoms with Gasteiger partial charge in [-0.05, 0) is 31.9 Å². The van der Waals surface area contributed by atoms with Gasteiger partial charge in [0.1, 0.15) is 5.01 Å². The smallest absolute Gasteiger partial charge is 0.230 e. The first-order valence-electron chi connectivity index (χ1n) is 8.50. The van der Waals surface area contributed by atoms with Crippen molar-refractivity contribution in [1.29, 1.82) is 0 Å². The Morgan fingerprint density at radius 3 is 3.04 bits per heavy atom. The molecule has 9 heteroatoms. The number of hydrogen-bond donors (Lipinski definition) is 1. The first-order valence-corrected chi connectivity index (χ1v) is 11.1. The summed E-state index contributed by atoms with van der Waals surface area (Å²) >= 11 is 4.69. The zero-order valence-electron chi connectivity index (χ0n) is 14.3. The molecule has 0 aliphatic carbocycles. The van der Waals surface area contributed by atoms with Gasteiger partial charge in [0.05, 0.1) is 16.0 Å². The quantitative estimate of drug-likeness (QED) is 0.657. The van der Waals surface area contributed by atoms with E-state index < -0.39 is 0 Å². The fourth-order valence-electron chi connectivity index (χ4n) is 3.00. The molecule has 0 spiro atoms. The number of carbonyl (C=O) groups excluding carboxylic acids is 1. The summed E-state index contributed by atoms with van der Waals surface area (Å²) in [5, 5.41) is 13.1. The fourth-order valence-corrected chi connectivity index (χ4v) is 5.62. The number of piperidine rings is 1. The number of hydrogen-bond acceptors (Lipinski definition) is 8. The normalized spacial score (nSPS) is 17.6. The molecule has 3 aromatic rings. The van der Waals surface area contributed by atoms with Gasteiger partial charge in [-0.25, -0.2) is 4.98 Å². The lowest BCUT2D eigenvalue weighted by atomic mass is 10.1. The third kappa shape index (κ3) is 4.16. The topological polar surface area (TPSA) is 71.0 Å². The number of nitrogens with one attached hydrogen (secondary N) is 1. The van der Waals surface area contributed by atoms with Crippen LogP contribution in [0.1, 0.15) is 17.8 Å². The van der Waals surface area contributed by atoms with E-state index in [0.29, 0.717) is 5.75 Å². The van der Waals surface area contributed by atoms with Crippen molar-refractivity contribution in [2.75, 3.05) is 23.7 Å². The number of aryl methyl sites for hydroxylation is 1. The molecule has 1 N–H and O–H groups in total. The van der Waals surface area contributed by atoms with E-state index in [4.69, 9.17) is 4.98 Å². The van der Waals surface area contributed by atoms with Crippen molar-refractivity contribution in [3.63, 3.8) is 0 Å². The van der Waals surface area contributed by atoms with Crippen LogP contribution >= 0.6 is 34.4 Å². The third-order valence-electron chi connectivity index (χ3n) is 4.17. The number of fused-ring (bicyclic) bond motifs is 1. The van der Waals surface area contributed by atoms with Crippen LogP contribution in [0.5, 0.6) is 0 Å². The van der Waals surface area contributed by atoms with Gasteiger partial charge in [-0.2, -0.15) is 0 Å². The van der Waals surface area contributed by atoms with Gasteiger partial charge in [-0.3, -0.25) is 4.79 Å². The summed E-state index contributed by atoms with van der Waals surface area (Å²) in [4.78, 5) is 19.3. The Hall–Kier alpha value is -1.71. The van der Waals surface area contributed by atoms with E-state index in [1.165, 1.54) is 27.8 Å². The van der Waals surface area contributed by atoms with E-state index in [9.17, 15) is 4.79 Å². The Labute approximate surface area is 164 Å². The van der Waals surface area contributed by atoms with Gasteiger partial charge in [-0.1, -0.05) is 46.6 Å². The van der Waals surface area contributed by atoms with Crippen molar-refractivity contribution in [2.45, 2.75) is 30.1 Å². The molecule has 0 saturated carbocycles. The predicted octanol–water partition coefficient (Wildman–Crippen LogP) is 3.33. The summed E-state index contributed by atoms with van der Waals surface area (Å²) in [5.74, 6) is 0.436. The van der Waals surface area contributed by atoms with E-state index in [2.05, 4.69) is 26.5 Å². The van der Waals surface area contributed by atoms with Crippen molar-refractivity contribution in [3.05, 3.63) is 29.3 Å². The average molecular weight is 406 g/mol. The molecule has 0 bridgehead atoms. The standard InChI is InChI=1S/C17H19N5OS3/c1-11-20-21-17(25-11)24-10-15(23)18-12-5-4-8-22(9-12)16-19-13-6-2-3-7-14(13)26-16/h2-3,6-7,12H,4-5,8-10H2,1H3,(H,18,23). The molecule has 1 aromatic carbocycles. The predicted molar refractivity (Wildman–Crippen MR) is 108 cm³/mol. The van der Waals surface area contributed by atoms with Crippen molar-refractivity contribution in [1.82, 2.24) is 20.5 Å². The minimum atomic E-state index is 0.0546. The second kappa shape index (κ2) is 7.89. The highest BCUT2D eigenvalue weighted by Crippen LogP contribution is 2.30. The second-order valence-corrected chi connectivity index (χ2v) is 9.61. The van der Waals surface area contributed by atoms with Crippen LogP contribution in [-0.2, 0) is 4.79 Å². The number of amides is 1. The molecule has 26 heavy (non-hydrogen) atoms. The van der Waals surface area contributed by atoms with E-state index in [1.54, 1.807) is 11.3 Å². The van der Waals surface area contributed by atoms with Crippen LogP contribution in [-0.4, -0.2) is 46.0 Å². The molecule has 1 aliphatic heterocycles. The third-order valence-corrected chi connectivity index (χ3v) is 7.24. The van der Waals surface area contributed by atoms with Crippen molar-refractivity contribution < 1.29 is 4.79 Å². The highest BCUT2D eigenvalue weighted by Gasteiger charge is 2.23. The molecule has 4 rings (SSSR count). The lowest BCUT2D eigenvalue weighted by Crippen LogP contribution is -2.48. The van der Waals surface area contributed by atoms with Crippen LogP contribution in [0, 0.1) is 6.92 Å². The Morgan fingerprint density at radius 2 is 2.23 bits per heavy atom. The first kappa shape index (κ1) is 17.7. The number of aromatic nitrogens is 3. The van der Waals surface area contributed by atoms with E-state index >= 15 is 0 Å². The molecule has 136 valence electrons. The molecule has 3 heterocycles. The maximum atomic E-state index is 12.3. The number of nitrogens with zero attached hydrogens (tertiary/aromatic N) is 4. The van der Waals surface area contributed by atoms with Gasteiger partial charge in [0.2, 0.25) is 5.91 Å². The molecule has 1 saturated heterocycles. The summed E-state index contributed by atoms with van der Waals surface area (Å²) in [5.41, 5.74) is 1.04. The highest BCUT2D eigenvalue weighted by molar-refractivity contribution is 8.01. The molecule has 1 atom stereocenters. The number of rotatable bonds is 5. The van der Waals surface area contributed by atoms with Crippen molar-refractivity contribution in [3.8, 4) is 0 Å². The van der Waals surface area contributed by atoms with E-state index in [0.717, 1.165) is 45.9 Å². The molecule has 1 aliphatic rings. The van der Waals surface area contributed by atoms with Crippen LogP contribution < -0.4 is 10.2 Å². The molecule has 1 unspecified atom stereocenters. The molecule has 1 amide bonds. The molecule has 0 radical (unpaired) electrons. The van der Waals surface area contributed by atoms with Gasteiger partial charge in [0.15, 0.2) is 9.47 Å². The Bertz CT molecular complexity index is 876. The fraction of sp³-hybridized carbons (Fsp3) is 0.412. The SMILES string of the molecule is Cc1nnc(SCC(=O)NC2CCCN(c3nc4ccccc4s3)C2)s1. The zero-order valence-corrected chi connectivity index (χ0v) is 16.8. The summed E-state index contributed by atoms with van der Waals surface area (Å²) in [7, 11) is 0. The first-order chi connectivity index (χ1) is 12.7. The van der Waals surface area contributed by atoms with Crippen LogP contribution in [0.2, 0.25) is 0 Å².